The van der Waals surface area contributed by atoms with E-state index in [9.17, 15) is 4.79 Å². The molecule has 1 fully saturated rings. The monoisotopic (exact) mass is 178 g/mol. The zero-order valence-corrected chi connectivity index (χ0v) is 8.60. The summed E-state index contributed by atoms with van der Waals surface area (Å²) in [5.41, 5.74) is 1.87. The third-order valence-corrected chi connectivity index (χ3v) is 3.70. The summed E-state index contributed by atoms with van der Waals surface area (Å²) >= 11 is 0. The van der Waals surface area contributed by atoms with Gasteiger partial charge in [0.15, 0.2) is 0 Å². The lowest BCUT2D eigenvalue weighted by molar-refractivity contribution is -0.120. The second-order valence-corrected chi connectivity index (χ2v) is 5.11. The molecule has 1 atom stereocenters. The molecular weight excluding hydrogens is 160 g/mol. The van der Waals surface area contributed by atoms with Crippen molar-refractivity contribution in [2.75, 3.05) is 0 Å². The molecule has 0 amide bonds. The molecular formula is C12H18O. The highest BCUT2D eigenvalue weighted by atomic mass is 16.1. The SMILES string of the molecule is CC1(C)CCC=C2CC(=O)CCC21. The molecule has 2 rings (SSSR count). The van der Waals surface area contributed by atoms with Crippen LogP contribution in [-0.2, 0) is 4.79 Å². The average Bonchev–Trinajstić information content (AvgIpc) is 2.02. The molecule has 0 aromatic rings. The number of carbonyl (C=O) groups excluding carboxylic acids is 1. The van der Waals surface area contributed by atoms with Gasteiger partial charge in [-0.05, 0) is 30.6 Å². The Kier molecular flexibility index (Phi) is 2.05. The molecule has 1 unspecified atom stereocenters. The Morgan fingerprint density at radius 1 is 1.46 bits per heavy atom. The molecule has 0 aromatic carbocycles. The van der Waals surface area contributed by atoms with Crippen LogP contribution in [0.25, 0.3) is 0 Å². The van der Waals surface area contributed by atoms with Gasteiger partial charge in [0.25, 0.3) is 0 Å². The van der Waals surface area contributed by atoms with Crippen LogP contribution in [0.4, 0.5) is 0 Å². The third kappa shape index (κ3) is 1.56. The minimum Gasteiger partial charge on any atom is -0.299 e. The lowest BCUT2D eigenvalue weighted by Gasteiger charge is -2.41. The fraction of sp³-hybridized carbons (Fsp3) is 0.750. The quantitative estimate of drug-likeness (QED) is 0.521. The van der Waals surface area contributed by atoms with Gasteiger partial charge in [-0.3, -0.25) is 4.79 Å². The van der Waals surface area contributed by atoms with Crippen molar-refractivity contribution in [1.29, 1.82) is 0 Å². The van der Waals surface area contributed by atoms with Crippen LogP contribution in [0.3, 0.4) is 0 Å². The van der Waals surface area contributed by atoms with E-state index in [0.717, 1.165) is 19.3 Å². The van der Waals surface area contributed by atoms with Crippen LogP contribution in [0.2, 0.25) is 0 Å². The smallest absolute Gasteiger partial charge is 0.136 e. The van der Waals surface area contributed by atoms with Gasteiger partial charge in [0, 0.05) is 12.8 Å². The number of ketones is 1. The number of hydrogen-bond acceptors (Lipinski definition) is 1. The summed E-state index contributed by atoms with van der Waals surface area (Å²) in [5, 5.41) is 0. The van der Waals surface area contributed by atoms with Gasteiger partial charge in [0.2, 0.25) is 0 Å². The fourth-order valence-corrected chi connectivity index (χ4v) is 2.84. The first-order valence-electron chi connectivity index (χ1n) is 5.30. The molecule has 13 heavy (non-hydrogen) atoms. The van der Waals surface area contributed by atoms with Crippen molar-refractivity contribution in [2.24, 2.45) is 11.3 Å². The Morgan fingerprint density at radius 3 is 3.00 bits per heavy atom. The van der Waals surface area contributed by atoms with Crippen LogP contribution in [0.5, 0.6) is 0 Å². The van der Waals surface area contributed by atoms with E-state index in [4.69, 9.17) is 0 Å². The summed E-state index contributed by atoms with van der Waals surface area (Å²) in [5.74, 6) is 1.14. The van der Waals surface area contributed by atoms with E-state index in [-0.39, 0.29) is 0 Å². The number of rotatable bonds is 0. The predicted molar refractivity (Wildman–Crippen MR) is 53.4 cm³/mol. The molecule has 1 nitrogen and oxygen atoms in total. The van der Waals surface area contributed by atoms with Crippen LogP contribution in [-0.4, -0.2) is 5.78 Å². The maximum atomic E-state index is 11.3. The van der Waals surface area contributed by atoms with Gasteiger partial charge in [-0.2, -0.15) is 0 Å². The first-order chi connectivity index (χ1) is 6.09. The summed E-state index contributed by atoms with van der Waals surface area (Å²) in [6.07, 6.45) is 7.42. The minimum absolute atomic E-state index is 0.435. The van der Waals surface area contributed by atoms with Crippen LogP contribution in [0, 0.1) is 11.3 Å². The molecule has 72 valence electrons. The Balaban J connectivity index is 2.24. The molecule has 0 heterocycles. The first kappa shape index (κ1) is 8.98. The normalized spacial score (nSPS) is 32.3. The van der Waals surface area contributed by atoms with E-state index >= 15 is 0 Å². The summed E-state index contributed by atoms with van der Waals surface area (Å²) in [6.45, 7) is 4.70. The van der Waals surface area contributed by atoms with Crippen molar-refractivity contribution in [3.8, 4) is 0 Å². The Morgan fingerprint density at radius 2 is 2.23 bits per heavy atom. The Labute approximate surface area is 80.2 Å². The fourth-order valence-electron chi connectivity index (χ4n) is 2.84. The number of Topliss-reactive ketones (excluding diaryl/α,β-unsaturated/α-hetero) is 1. The van der Waals surface area contributed by atoms with Crippen molar-refractivity contribution in [3.05, 3.63) is 11.6 Å². The van der Waals surface area contributed by atoms with Crippen molar-refractivity contribution < 1.29 is 4.79 Å². The number of fused-ring (bicyclic) bond motifs is 1. The van der Waals surface area contributed by atoms with Gasteiger partial charge in [0.05, 0.1) is 0 Å². The molecule has 0 aromatic heterocycles. The molecule has 2 aliphatic rings. The van der Waals surface area contributed by atoms with Gasteiger partial charge < -0.3 is 0 Å². The molecule has 0 bridgehead atoms. The highest BCUT2D eigenvalue weighted by Gasteiger charge is 2.37. The molecule has 0 aliphatic heterocycles. The van der Waals surface area contributed by atoms with Gasteiger partial charge in [-0.1, -0.05) is 25.5 Å². The van der Waals surface area contributed by atoms with Crippen molar-refractivity contribution in [1.82, 2.24) is 0 Å². The third-order valence-electron chi connectivity index (χ3n) is 3.70. The summed E-state index contributed by atoms with van der Waals surface area (Å²) in [4.78, 5) is 11.3. The average molecular weight is 178 g/mol. The predicted octanol–water partition coefficient (Wildman–Crippen LogP) is 3.10. The second kappa shape index (κ2) is 2.97. The Hall–Kier alpha value is -0.590. The minimum atomic E-state index is 0.435. The number of carbonyl (C=O) groups is 1. The molecule has 1 saturated carbocycles. The highest BCUT2D eigenvalue weighted by molar-refractivity contribution is 5.82. The molecule has 0 spiro atoms. The lowest BCUT2D eigenvalue weighted by Crippen LogP contribution is -2.32. The first-order valence-corrected chi connectivity index (χ1v) is 5.30. The van der Waals surface area contributed by atoms with E-state index in [1.807, 2.05) is 0 Å². The topological polar surface area (TPSA) is 17.1 Å². The zero-order chi connectivity index (χ0) is 9.47. The standard InChI is InChI=1S/C12H18O/c1-12(2)7-3-4-9-8-10(13)5-6-11(9)12/h4,11H,3,5-8H2,1-2H3. The van der Waals surface area contributed by atoms with Gasteiger partial charge in [0.1, 0.15) is 5.78 Å². The lowest BCUT2D eigenvalue weighted by atomic mass is 9.63. The molecule has 1 heteroatoms. The summed E-state index contributed by atoms with van der Waals surface area (Å²) in [6, 6.07) is 0. The van der Waals surface area contributed by atoms with Crippen molar-refractivity contribution in [3.63, 3.8) is 0 Å². The summed E-state index contributed by atoms with van der Waals surface area (Å²) in [7, 11) is 0. The molecule has 2 aliphatic carbocycles. The van der Waals surface area contributed by atoms with Crippen LogP contribution in [0.1, 0.15) is 46.0 Å². The van der Waals surface area contributed by atoms with Crippen LogP contribution in [0.15, 0.2) is 11.6 Å². The molecule has 0 N–H and O–H groups in total. The second-order valence-electron chi connectivity index (χ2n) is 5.11. The van der Waals surface area contributed by atoms with Gasteiger partial charge >= 0.3 is 0 Å². The summed E-state index contributed by atoms with van der Waals surface area (Å²) < 4.78 is 0. The van der Waals surface area contributed by atoms with E-state index < -0.39 is 0 Å². The maximum absolute atomic E-state index is 11.3. The van der Waals surface area contributed by atoms with Crippen LogP contribution >= 0.6 is 0 Å². The van der Waals surface area contributed by atoms with E-state index in [1.54, 1.807) is 0 Å². The number of allylic oxidation sites excluding steroid dienone is 2. The van der Waals surface area contributed by atoms with Gasteiger partial charge in [-0.25, -0.2) is 0 Å². The largest absolute Gasteiger partial charge is 0.299 e. The molecule has 0 radical (unpaired) electrons. The maximum Gasteiger partial charge on any atom is 0.136 e. The van der Waals surface area contributed by atoms with Crippen LogP contribution < -0.4 is 0 Å². The van der Waals surface area contributed by atoms with Crippen molar-refractivity contribution in [2.45, 2.75) is 46.0 Å². The zero-order valence-electron chi connectivity index (χ0n) is 8.60. The Bertz CT molecular complexity index is 260. The van der Waals surface area contributed by atoms with E-state index in [1.165, 1.54) is 18.4 Å². The van der Waals surface area contributed by atoms with E-state index in [2.05, 4.69) is 19.9 Å². The number of hydrogen-bond donors (Lipinski definition) is 0. The van der Waals surface area contributed by atoms with E-state index in [0.29, 0.717) is 17.1 Å². The molecule has 0 saturated heterocycles. The van der Waals surface area contributed by atoms with Crippen molar-refractivity contribution >= 4 is 5.78 Å². The van der Waals surface area contributed by atoms with Gasteiger partial charge in [-0.15, -0.1) is 0 Å². The highest BCUT2D eigenvalue weighted by Crippen LogP contribution is 2.46.